The summed E-state index contributed by atoms with van der Waals surface area (Å²) in [6.45, 7) is 1.83. The van der Waals surface area contributed by atoms with Crippen LogP contribution in [0.15, 0.2) is 36.7 Å². The van der Waals surface area contributed by atoms with Crippen molar-refractivity contribution >= 4 is 11.6 Å². The number of aryl methyl sites for hydroxylation is 1. The van der Waals surface area contributed by atoms with Gasteiger partial charge < -0.3 is 5.32 Å². The highest BCUT2D eigenvalue weighted by Crippen LogP contribution is 2.09. The van der Waals surface area contributed by atoms with Gasteiger partial charge in [0, 0.05) is 23.8 Å². The summed E-state index contributed by atoms with van der Waals surface area (Å²) in [6, 6.07) is 5.95. The van der Waals surface area contributed by atoms with Gasteiger partial charge in [-0.3, -0.25) is 9.78 Å². The van der Waals surface area contributed by atoms with E-state index in [4.69, 9.17) is 0 Å². The van der Waals surface area contributed by atoms with E-state index >= 15 is 0 Å². The summed E-state index contributed by atoms with van der Waals surface area (Å²) in [5.41, 5.74) is 1.76. The molecular formula is C12H10FN3O. The SMILES string of the molecule is Cc1cc(NC(=O)c2ccc(F)nc2)ccn1. The predicted octanol–water partition coefficient (Wildman–Crippen LogP) is 2.18. The molecule has 0 aliphatic heterocycles. The lowest BCUT2D eigenvalue weighted by molar-refractivity contribution is 0.102. The molecule has 0 saturated carbocycles. The number of halogens is 1. The largest absolute Gasteiger partial charge is 0.322 e. The third-order valence-electron chi connectivity index (χ3n) is 2.14. The van der Waals surface area contributed by atoms with E-state index in [1.807, 2.05) is 6.92 Å². The molecule has 1 amide bonds. The van der Waals surface area contributed by atoms with E-state index in [1.54, 1.807) is 18.3 Å². The van der Waals surface area contributed by atoms with Gasteiger partial charge in [-0.2, -0.15) is 4.39 Å². The van der Waals surface area contributed by atoms with Gasteiger partial charge in [0.15, 0.2) is 0 Å². The van der Waals surface area contributed by atoms with Crippen LogP contribution in [0.5, 0.6) is 0 Å². The second-order valence-electron chi connectivity index (χ2n) is 3.51. The number of hydrogen-bond acceptors (Lipinski definition) is 3. The molecule has 2 heterocycles. The summed E-state index contributed by atoms with van der Waals surface area (Å²) < 4.78 is 12.6. The lowest BCUT2D eigenvalue weighted by Crippen LogP contribution is -2.12. The van der Waals surface area contributed by atoms with E-state index in [-0.39, 0.29) is 5.91 Å². The quantitative estimate of drug-likeness (QED) is 0.806. The van der Waals surface area contributed by atoms with Crippen molar-refractivity contribution in [2.45, 2.75) is 6.92 Å². The molecule has 0 unspecified atom stereocenters. The van der Waals surface area contributed by atoms with Gasteiger partial charge in [0.25, 0.3) is 5.91 Å². The average molecular weight is 231 g/mol. The predicted molar refractivity (Wildman–Crippen MR) is 61.1 cm³/mol. The van der Waals surface area contributed by atoms with Crippen molar-refractivity contribution in [3.63, 3.8) is 0 Å². The number of aromatic nitrogens is 2. The van der Waals surface area contributed by atoms with Crippen LogP contribution in [0.4, 0.5) is 10.1 Å². The highest BCUT2D eigenvalue weighted by atomic mass is 19.1. The number of nitrogens with zero attached hydrogens (tertiary/aromatic N) is 2. The number of anilines is 1. The Morgan fingerprint density at radius 2 is 2.12 bits per heavy atom. The van der Waals surface area contributed by atoms with Crippen LogP contribution in [0.2, 0.25) is 0 Å². The van der Waals surface area contributed by atoms with Gasteiger partial charge in [0.05, 0.1) is 5.56 Å². The zero-order chi connectivity index (χ0) is 12.3. The molecule has 0 bridgehead atoms. The molecule has 2 aromatic heterocycles. The zero-order valence-electron chi connectivity index (χ0n) is 9.14. The standard InChI is InChI=1S/C12H10FN3O/c1-8-6-10(4-5-14-8)16-12(17)9-2-3-11(13)15-7-9/h2-7H,1H3,(H,14,16,17). The van der Waals surface area contributed by atoms with E-state index in [0.29, 0.717) is 11.3 Å². The number of amides is 1. The maximum Gasteiger partial charge on any atom is 0.257 e. The first kappa shape index (κ1) is 11.2. The minimum Gasteiger partial charge on any atom is -0.322 e. The first-order chi connectivity index (χ1) is 8.15. The number of rotatable bonds is 2. The van der Waals surface area contributed by atoms with Gasteiger partial charge in [-0.05, 0) is 31.2 Å². The smallest absolute Gasteiger partial charge is 0.257 e. The Morgan fingerprint density at radius 1 is 1.29 bits per heavy atom. The Hall–Kier alpha value is -2.30. The van der Waals surface area contributed by atoms with E-state index < -0.39 is 5.95 Å². The molecule has 86 valence electrons. The summed E-state index contributed by atoms with van der Waals surface area (Å²) in [4.78, 5) is 19.2. The fourth-order valence-electron chi connectivity index (χ4n) is 1.34. The van der Waals surface area contributed by atoms with Crippen molar-refractivity contribution in [1.29, 1.82) is 0 Å². The highest BCUT2D eigenvalue weighted by molar-refractivity contribution is 6.03. The van der Waals surface area contributed by atoms with Crippen molar-refractivity contribution in [2.24, 2.45) is 0 Å². The molecule has 17 heavy (non-hydrogen) atoms. The molecule has 0 saturated heterocycles. The van der Waals surface area contributed by atoms with Crippen LogP contribution in [0.1, 0.15) is 16.1 Å². The molecule has 2 rings (SSSR count). The van der Waals surface area contributed by atoms with Crippen LogP contribution >= 0.6 is 0 Å². The monoisotopic (exact) mass is 231 g/mol. The van der Waals surface area contributed by atoms with Crippen LogP contribution < -0.4 is 5.32 Å². The molecular weight excluding hydrogens is 221 g/mol. The molecule has 0 radical (unpaired) electrons. The zero-order valence-corrected chi connectivity index (χ0v) is 9.14. The molecule has 0 aliphatic carbocycles. The molecule has 5 heteroatoms. The van der Waals surface area contributed by atoms with E-state index in [9.17, 15) is 9.18 Å². The lowest BCUT2D eigenvalue weighted by atomic mass is 10.2. The Bertz CT molecular complexity index is 540. The normalized spacial score (nSPS) is 10.0. The molecule has 4 nitrogen and oxygen atoms in total. The van der Waals surface area contributed by atoms with Gasteiger partial charge in [-0.15, -0.1) is 0 Å². The van der Waals surface area contributed by atoms with Gasteiger partial charge in [-0.1, -0.05) is 0 Å². The van der Waals surface area contributed by atoms with Crippen LogP contribution in [0.3, 0.4) is 0 Å². The fraction of sp³-hybridized carbons (Fsp3) is 0.0833. The molecule has 0 fully saturated rings. The molecule has 0 atom stereocenters. The first-order valence-corrected chi connectivity index (χ1v) is 5.01. The van der Waals surface area contributed by atoms with Crippen molar-refractivity contribution in [3.8, 4) is 0 Å². The lowest BCUT2D eigenvalue weighted by Gasteiger charge is -2.05. The van der Waals surface area contributed by atoms with Crippen molar-refractivity contribution in [2.75, 3.05) is 5.32 Å². The minimum absolute atomic E-state index is 0.306. The minimum atomic E-state index is -0.610. The number of nitrogens with one attached hydrogen (secondary N) is 1. The van der Waals surface area contributed by atoms with Crippen LogP contribution in [-0.2, 0) is 0 Å². The van der Waals surface area contributed by atoms with Crippen molar-refractivity contribution < 1.29 is 9.18 Å². The Morgan fingerprint density at radius 3 is 2.76 bits per heavy atom. The van der Waals surface area contributed by atoms with E-state index in [1.165, 1.54) is 12.3 Å². The maximum atomic E-state index is 12.6. The van der Waals surface area contributed by atoms with Crippen molar-refractivity contribution in [3.05, 3.63) is 53.9 Å². The summed E-state index contributed by atoms with van der Waals surface area (Å²) in [5.74, 6) is -0.940. The number of hydrogen-bond donors (Lipinski definition) is 1. The first-order valence-electron chi connectivity index (χ1n) is 5.01. The Labute approximate surface area is 97.5 Å². The molecule has 1 N–H and O–H groups in total. The molecule has 0 spiro atoms. The Kier molecular flexibility index (Phi) is 3.09. The highest BCUT2D eigenvalue weighted by Gasteiger charge is 2.06. The Balaban J connectivity index is 2.14. The number of pyridine rings is 2. The van der Waals surface area contributed by atoms with Gasteiger partial charge in [0.2, 0.25) is 5.95 Å². The summed E-state index contributed by atoms with van der Waals surface area (Å²) in [6.07, 6.45) is 2.80. The van der Waals surface area contributed by atoms with Crippen LogP contribution in [0.25, 0.3) is 0 Å². The van der Waals surface area contributed by atoms with E-state index in [2.05, 4.69) is 15.3 Å². The van der Waals surface area contributed by atoms with Crippen LogP contribution in [0, 0.1) is 12.9 Å². The molecule has 2 aromatic rings. The summed E-state index contributed by atoms with van der Waals surface area (Å²) in [7, 11) is 0. The summed E-state index contributed by atoms with van der Waals surface area (Å²) >= 11 is 0. The van der Waals surface area contributed by atoms with E-state index in [0.717, 1.165) is 11.8 Å². The van der Waals surface area contributed by atoms with Gasteiger partial charge >= 0.3 is 0 Å². The fourth-order valence-corrected chi connectivity index (χ4v) is 1.34. The number of carbonyl (C=O) groups excluding carboxylic acids is 1. The van der Waals surface area contributed by atoms with Gasteiger partial charge in [-0.25, -0.2) is 4.98 Å². The molecule has 0 aromatic carbocycles. The van der Waals surface area contributed by atoms with Crippen LogP contribution in [-0.4, -0.2) is 15.9 Å². The second kappa shape index (κ2) is 4.69. The topological polar surface area (TPSA) is 54.9 Å². The van der Waals surface area contributed by atoms with Gasteiger partial charge in [0.1, 0.15) is 0 Å². The second-order valence-corrected chi connectivity index (χ2v) is 3.51. The average Bonchev–Trinajstić information content (AvgIpc) is 2.29. The maximum absolute atomic E-state index is 12.6. The number of carbonyl (C=O) groups is 1. The third kappa shape index (κ3) is 2.84. The third-order valence-corrected chi connectivity index (χ3v) is 2.14. The molecule has 0 aliphatic rings. The summed E-state index contributed by atoms with van der Waals surface area (Å²) in [5, 5.41) is 2.68. The van der Waals surface area contributed by atoms with Crippen molar-refractivity contribution in [1.82, 2.24) is 9.97 Å².